The topological polar surface area (TPSA) is 41.6 Å². The van der Waals surface area contributed by atoms with Crippen molar-refractivity contribution in [2.75, 3.05) is 23.9 Å². The number of ether oxygens (including phenoxy) is 1. The number of benzene rings is 2. The monoisotopic (exact) mass is 270 g/mol. The Labute approximate surface area is 119 Å². The fourth-order valence-corrected chi connectivity index (χ4v) is 1.82. The fraction of sp³-hybridized carbons (Fsp3) is 0.188. The second-order valence-electron chi connectivity index (χ2n) is 4.25. The van der Waals surface area contributed by atoms with Gasteiger partial charge >= 0.3 is 6.03 Å². The number of nitrogens with one attached hydrogen (secondary N) is 1. The summed E-state index contributed by atoms with van der Waals surface area (Å²) in [4.78, 5) is 13.8. The van der Waals surface area contributed by atoms with Crippen LogP contribution in [0.3, 0.4) is 0 Å². The average molecular weight is 270 g/mol. The highest BCUT2D eigenvalue weighted by atomic mass is 16.5. The van der Waals surface area contributed by atoms with Crippen LogP contribution in [0, 0.1) is 0 Å². The molecule has 0 bridgehead atoms. The van der Waals surface area contributed by atoms with Gasteiger partial charge < -0.3 is 10.1 Å². The van der Waals surface area contributed by atoms with Gasteiger partial charge in [-0.25, -0.2) is 4.79 Å². The average Bonchev–Trinajstić information content (AvgIpc) is 2.49. The van der Waals surface area contributed by atoms with Crippen LogP contribution in [-0.2, 0) is 0 Å². The van der Waals surface area contributed by atoms with Crippen LogP contribution in [-0.4, -0.2) is 19.7 Å². The van der Waals surface area contributed by atoms with Gasteiger partial charge in [0.1, 0.15) is 5.75 Å². The first kappa shape index (κ1) is 13.9. The molecule has 0 fully saturated rings. The van der Waals surface area contributed by atoms with Crippen LogP contribution in [0.1, 0.15) is 6.92 Å². The first-order chi connectivity index (χ1) is 9.72. The van der Waals surface area contributed by atoms with E-state index in [0.29, 0.717) is 18.0 Å². The van der Waals surface area contributed by atoms with E-state index in [2.05, 4.69) is 5.32 Å². The zero-order valence-corrected chi connectivity index (χ0v) is 11.7. The van der Waals surface area contributed by atoms with Crippen molar-refractivity contribution in [2.45, 2.75) is 6.92 Å². The summed E-state index contributed by atoms with van der Waals surface area (Å²) >= 11 is 0. The predicted octanol–water partition coefficient (Wildman–Crippen LogP) is 3.75. The van der Waals surface area contributed by atoms with Crippen LogP contribution in [0.25, 0.3) is 0 Å². The summed E-state index contributed by atoms with van der Waals surface area (Å²) in [6.45, 7) is 2.47. The SMILES string of the molecule is CCOc1ccccc1NC(=O)N(C)c1ccccc1. The maximum atomic E-state index is 12.2. The van der Waals surface area contributed by atoms with E-state index < -0.39 is 0 Å². The van der Waals surface area contributed by atoms with E-state index in [1.807, 2.05) is 61.5 Å². The number of hydrogen-bond acceptors (Lipinski definition) is 2. The highest BCUT2D eigenvalue weighted by Gasteiger charge is 2.12. The first-order valence-electron chi connectivity index (χ1n) is 6.54. The van der Waals surface area contributed by atoms with E-state index >= 15 is 0 Å². The minimum absolute atomic E-state index is 0.205. The quantitative estimate of drug-likeness (QED) is 0.919. The van der Waals surface area contributed by atoms with Crippen LogP contribution in [0.2, 0.25) is 0 Å². The van der Waals surface area contributed by atoms with Crippen molar-refractivity contribution in [3.05, 3.63) is 54.6 Å². The summed E-state index contributed by atoms with van der Waals surface area (Å²) < 4.78 is 5.49. The molecule has 0 atom stereocenters. The summed E-state index contributed by atoms with van der Waals surface area (Å²) in [7, 11) is 1.73. The molecule has 0 saturated heterocycles. The Hall–Kier alpha value is -2.49. The maximum absolute atomic E-state index is 12.2. The molecule has 2 aromatic carbocycles. The molecule has 4 heteroatoms. The van der Waals surface area contributed by atoms with E-state index in [4.69, 9.17) is 4.74 Å². The molecule has 0 aliphatic heterocycles. The molecule has 0 aromatic heterocycles. The zero-order chi connectivity index (χ0) is 14.4. The van der Waals surface area contributed by atoms with Gasteiger partial charge in [0.05, 0.1) is 12.3 Å². The van der Waals surface area contributed by atoms with Crippen LogP contribution in [0.5, 0.6) is 5.75 Å². The van der Waals surface area contributed by atoms with Crippen molar-refractivity contribution in [3.8, 4) is 5.75 Å². The van der Waals surface area contributed by atoms with Gasteiger partial charge in [0, 0.05) is 12.7 Å². The van der Waals surface area contributed by atoms with Crippen molar-refractivity contribution in [2.24, 2.45) is 0 Å². The molecular weight excluding hydrogens is 252 g/mol. The van der Waals surface area contributed by atoms with Gasteiger partial charge in [0.2, 0.25) is 0 Å². The molecule has 2 rings (SSSR count). The van der Waals surface area contributed by atoms with Crippen LogP contribution >= 0.6 is 0 Å². The summed E-state index contributed by atoms with van der Waals surface area (Å²) in [5, 5.41) is 2.86. The normalized spacial score (nSPS) is 9.90. The van der Waals surface area contributed by atoms with Gasteiger partial charge in [-0.15, -0.1) is 0 Å². The second-order valence-corrected chi connectivity index (χ2v) is 4.25. The fourth-order valence-electron chi connectivity index (χ4n) is 1.82. The highest BCUT2D eigenvalue weighted by molar-refractivity contribution is 6.02. The Balaban J connectivity index is 2.12. The van der Waals surface area contributed by atoms with E-state index in [0.717, 1.165) is 5.69 Å². The molecule has 2 amide bonds. The van der Waals surface area contributed by atoms with Crippen molar-refractivity contribution < 1.29 is 9.53 Å². The lowest BCUT2D eigenvalue weighted by molar-refractivity contribution is 0.257. The Morgan fingerprint density at radius 3 is 2.45 bits per heavy atom. The molecular formula is C16H18N2O2. The van der Waals surface area contributed by atoms with Crippen LogP contribution < -0.4 is 15.0 Å². The van der Waals surface area contributed by atoms with Crippen molar-refractivity contribution in [1.29, 1.82) is 0 Å². The zero-order valence-electron chi connectivity index (χ0n) is 11.7. The van der Waals surface area contributed by atoms with Gasteiger partial charge in [0.15, 0.2) is 0 Å². The van der Waals surface area contributed by atoms with Gasteiger partial charge in [-0.1, -0.05) is 30.3 Å². The van der Waals surface area contributed by atoms with Gasteiger partial charge in [0.25, 0.3) is 0 Å². The van der Waals surface area contributed by atoms with E-state index in [9.17, 15) is 4.79 Å². The molecule has 0 heterocycles. The van der Waals surface area contributed by atoms with Gasteiger partial charge in [-0.2, -0.15) is 0 Å². The molecule has 0 spiro atoms. The maximum Gasteiger partial charge on any atom is 0.326 e. The lowest BCUT2D eigenvalue weighted by Gasteiger charge is -2.19. The Morgan fingerprint density at radius 1 is 1.10 bits per heavy atom. The number of amides is 2. The molecule has 0 saturated carbocycles. The molecule has 2 aromatic rings. The number of para-hydroxylation sites is 3. The third-order valence-corrected chi connectivity index (χ3v) is 2.88. The molecule has 20 heavy (non-hydrogen) atoms. The van der Waals surface area contributed by atoms with Gasteiger partial charge in [-0.3, -0.25) is 4.90 Å². The number of nitrogens with zero attached hydrogens (tertiary/aromatic N) is 1. The Morgan fingerprint density at radius 2 is 1.75 bits per heavy atom. The van der Waals surface area contributed by atoms with Crippen LogP contribution in [0.4, 0.5) is 16.2 Å². The smallest absolute Gasteiger partial charge is 0.326 e. The molecule has 0 aliphatic rings. The Bertz CT molecular complexity index is 570. The van der Waals surface area contributed by atoms with Crippen molar-refractivity contribution >= 4 is 17.4 Å². The number of urea groups is 1. The first-order valence-corrected chi connectivity index (χ1v) is 6.54. The minimum atomic E-state index is -0.205. The third kappa shape index (κ3) is 3.29. The number of rotatable bonds is 4. The highest BCUT2D eigenvalue weighted by Crippen LogP contribution is 2.24. The molecule has 1 N–H and O–H groups in total. The van der Waals surface area contributed by atoms with E-state index in [1.165, 1.54) is 0 Å². The van der Waals surface area contributed by atoms with E-state index in [1.54, 1.807) is 11.9 Å². The molecule has 0 radical (unpaired) electrons. The standard InChI is InChI=1S/C16H18N2O2/c1-3-20-15-12-8-7-11-14(15)17-16(19)18(2)13-9-5-4-6-10-13/h4-12H,3H2,1-2H3,(H,17,19). The lowest BCUT2D eigenvalue weighted by atomic mass is 10.3. The lowest BCUT2D eigenvalue weighted by Crippen LogP contribution is -2.31. The van der Waals surface area contributed by atoms with Crippen molar-refractivity contribution in [1.82, 2.24) is 0 Å². The van der Waals surface area contributed by atoms with Crippen molar-refractivity contribution in [3.63, 3.8) is 0 Å². The Kier molecular flexibility index (Phi) is 4.60. The second kappa shape index (κ2) is 6.61. The summed E-state index contributed by atoms with van der Waals surface area (Å²) in [5.74, 6) is 0.671. The molecule has 104 valence electrons. The van der Waals surface area contributed by atoms with E-state index in [-0.39, 0.29) is 6.03 Å². The predicted molar refractivity (Wildman–Crippen MR) is 81.5 cm³/mol. The number of carbonyl (C=O) groups is 1. The largest absolute Gasteiger partial charge is 0.492 e. The summed E-state index contributed by atoms with van der Waals surface area (Å²) in [6.07, 6.45) is 0. The number of anilines is 2. The molecule has 0 aliphatic carbocycles. The summed E-state index contributed by atoms with van der Waals surface area (Å²) in [6, 6.07) is 16.7. The summed E-state index contributed by atoms with van der Waals surface area (Å²) in [5.41, 5.74) is 1.50. The number of hydrogen-bond donors (Lipinski definition) is 1. The molecule has 4 nitrogen and oxygen atoms in total. The number of carbonyl (C=O) groups excluding carboxylic acids is 1. The van der Waals surface area contributed by atoms with Gasteiger partial charge in [-0.05, 0) is 31.2 Å². The van der Waals surface area contributed by atoms with Crippen LogP contribution in [0.15, 0.2) is 54.6 Å². The molecule has 0 unspecified atom stereocenters. The minimum Gasteiger partial charge on any atom is -0.492 e. The third-order valence-electron chi connectivity index (χ3n) is 2.88.